The van der Waals surface area contributed by atoms with Crippen LogP contribution in [0.5, 0.6) is 5.75 Å². The fourth-order valence-electron chi connectivity index (χ4n) is 6.03. The van der Waals surface area contributed by atoms with E-state index in [1.54, 1.807) is 18.2 Å². The maximum atomic E-state index is 12.2. The molecular weight excluding hydrogens is 512 g/mol. The highest BCUT2D eigenvalue weighted by atomic mass is 32.2. The zero-order valence-electron chi connectivity index (χ0n) is 21.0. The number of ether oxygens (including phenoxy) is 1. The van der Waals surface area contributed by atoms with E-state index in [0.29, 0.717) is 35.0 Å². The highest BCUT2D eigenvalue weighted by Crippen LogP contribution is 2.46. The molecule has 1 unspecified atom stereocenters. The number of nitrogens with zero attached hydrogens (tertiary/aromatic N) is 2. The van der Waals surface area contributed by atoms with E-state index in [2.05, 4.69) is 26.5 Å². The van der Waals surface area contributed by atoms with E-state index in [-0.39, 0.29) is 0 Å². The molecule has 198 valence electrons. The second kappa shape index (κ2) is 9.58. The quantitative estimate of drug-likeness (QED) is 0.592. The first-order valence-corrected chi connectivity index (χ1v) is 16.2. The first kappa shape index (κ1) is 26.0. The average Bonchev–Trinajstić information content (AvgIpc) is 2.82. The van der Waals surface area contributed by atoms with Crippen LogP contribution in [0.2, 0.25) is 0 Å². The van der Waals surface area contributed by atoms with Gasteiger partial charge in [0.15, 0.2) is 0 Å². The fourth-order valence-corrected chi connectivity index (χ4v) is 7.31. The summed E-state index contributed by atoms with van der Waals surface area (Å²) in [6.07, 6.45) is 7.21. The minimum Gasteiger partial charge on any atom is -0.487 e. The number of nitrogens with one attached hydrogen (secondary N) is 2. The number of rotatable bonds is 5. The summed E-state index contributed by atoms with van der Waals surface area (Å²) in [7, 11) is -6.98. The minimum atomic E-state index is -3.51. The monoisotopic (exact) mass is 544 g/mol. The van der Waals surface area contributed by atoms with Crippen molar-refractivity contribution in [2.75, 3.05) is 30.3 Å². The smallest absolute Gasteiger partial charge is 0.229 e. The molecule has 2 N–H and O–H groups in total. The van der Waals surface area contributed by atoms with Crippen LogP contribution in [0.25, 0.3) is 0 Å². The summed E-state index contributed by atoms with van der Waals surface area (Å²) in [5.74, 6) is 0.583. The molecule has 2 heterocycles. The maximum absolute atomic E-state index is 12.2. The van der Waals surface area contributed by atoms with Crippen LogP contribution in [-0.4, -0.2) is 59.0 Å². The van der Waals surface area contributed by atoms with Crippen molar-refractivity contribution in [3.63, 3.8) is 0 Å². The first-order valence-electron chi connectivity index (χ1n) is 12.5. The topological polar surface area (TPSA) is 129 Å². The Hall–Kier alpha value is -2.65. The van der Waals surface area contributed by atoms with Crippen LogP contribution in [0.3, 0.4) is 0 Å². The predicted molar refractivity (Wildman–Crippen MR) is 141 cm³/mol. The third-order valence-corrected chi connectivity index (χ3v) is 9.03. The first-order chi connectivity index (χ1) is 17.4. The molecule has 5 rings (SSSR count). The maximum Gasteiger partial charge on any atom is 0.229 e. The number of aryl methyl sites for hydroxylation is 1. The van der Waals surface area contributed by atoms with Crippen molar-refractivity contribution < 1.29 is 21.6 Å². The van der Waals surface area contributed by atoms with Crippen LogP contribution in [-0.2, 0) is 32.9 Å². The standard InChI is InChI=1S/C26H32N4O5S2/c1-36(31,32)28-21-6-8-25-23(15-21)24(29-37(2,33)34)16-26(35-25)9-11-30(12-10-26)22-7-5-19-13-18(17-27)3-4-20(19)14-22/h3-4,6,8,13,15,22,24,28-29H,5,7,9-12,14,16H2,1-2H3/t22?,24-/m0/s1. The highest BCUT2D eigenvalue weighted by molar-refractivity contribution is 7.92. The van der Waals surface area contributed by atoms with E-state index >= 15 is 0 Å². The van der Waals surface area contributed by atoms with Crippen LogP contribution < -0.4 is 14.2 Å². The van der Waals surface area contributed by atoms with Gasteiger partial charge in [0.2, 0.25) is 20.0 Å². The molecule has 1 aliphatic carbocycles. The molecule has 3 aliphatic rings. The van der Waals surface area contributed by atoms with E-state index in [4.69, 9.17) is 4.74 Å². The van der Waals surface area contributed by atoms with Crippen LogP contribution in [0, 0.1) is 11.3 Å². The predicted octanol–water partition coefficient (Wildman–Crippen LogP) is 2.69. The van der Waals surface area contributed by atoms with Gasteiger partial charge in [0.1, 0.15) is 11.4 Å². The molecule has 0 aromatic heterocycles. The zero-order chi connectivity index (χ0) is 26.4. The van der Waals surface area contributed by atoms with Crippen molar-refractivity contribution in [1.29, 1.82) is 5.26 Å². The molecule has 9 nitrogen and oxygen atoms in total. The Morgan fingerprint density at radius 3 is 2.46 bits per heavy atom. The molecule has 2 aromatic rings. The number of hydrogen-bond acceptors (Lipinski definition) is 7. The normalized spacial score (nSPS) is 23.4. The van der Waals surface area contributed by atoms with Gasteiger partial charge in [-0.1, -0.05) is 6.07 Å². The van der Waals surface area contributed by atoms with E-state index in [9.17, 15) is 22.1 Å². The Balaban J connectivity index is 1.32. The van der Waals surface area contributed by atoms with Gasteiger partial charge in [0.05, 0.1) is 30.2 Å². The second-order valence-electron chi connectivity index (χ2n) is 10.6. The Morgan fingerprint density at radius 2 is 1.78 bits per heavy atom. The molecule has 1 saturated heterocycles. The molecular formula is C26H32N4O5S2. The summed E-state index contributed by atoms with van der Waals surface area (Å²) in [4.78, 5) is 2.52. The van der Waals surface area contributed by atoms with Gasteiger partial charge in [-0.25, -0.2) is 21.6 Å². The number of likely N-dealkylation sites (tertiary alicyclic amines) is 1. The molecule has 1 fully saturated rings. The second-order valence-corrected chi connectivity index (χ2v) is 14.1. The molecule has 1 spiro atoms. The highest BCUT2D eigenvalue weighted by Gasteiger charge is 2.45. The van der Waals surface area contributed by atoms with Gasteiger partial charge < -0.3 is 4.74 Å². The van der Waals surface area contributed by atoms with Crippen molar-refractivity contribution in [2.45, 2.75) is 56.2 Å². The van der Waals surface area contributed by atoms with Gasteiger partial charge in [-0.15, -0.1) is 0 Å². The number of hydrogen-bond donors (Lipinski definition) is 2. The van der Waals surface area contributed by atoms with Crippen LogP contribution in [0.15, 0.2) is 36.4 Å². The summed E-state index contributed by atoms with van der Waals surface area (Å²) < 4.78 is 59.6. The molecule has 0 radical (unpaired) electrons. The number of sulfonamides is 2. The lowest BCUT2D eigenvalue weighted by atomic mass is 9.79. The Labute approximate surface area is 218 Å². The molecule has 11 heteroatoms. The summed E-state index contributed by atoms with van der Waals surface area (Å²) in [5, 5.41) is 9.18. The average molecular weight is 545 g/mol. The Kier molecular flexibility index (Phi) is 6.73. The SMILES string of the molecule is CS(=O)(=O)Nc1ccc2c(c1)[C@@H](NS(C)(=O)=O)CC1(CCN(C3CCc4cc(C#N)ccc4C3)CC1)O2. The lowest BCUT2D eigenvalue weighted by molar-refractivity contribution is -0.0336. The van der Waals surface area contributed by atoms with Crippen molar-refractivity contribution in [3.05, 3.63) is 58.7 Å². The third kappa shape index (κ3) is 5.93. The van der Waals surface area contributed by atoms with Crippen molar-refractivity contribution in [3.8, 4) is 11.8 Å². The van der Waals surface area contributed by atoms with Gasteiger partial charge in [-0.05, 0) is 73.6 Å². The summed E-state index contributed by atoms with van der Waals surface area (Å²) in [5.41, 5.74) is 3.81. The van der Waals surface area contributed by atoms with Crippen molar-refractivity contribution in [1.82, 2.24) is 9.62 Å². The molecule has 2 aliphatic heterocycles. The van der Waals surface area contributed by atoms with Gasteiger partial charge in [0, 0.05) is 36.8 Å². The van der Waals surface area contributed by atoms with E-state index in [1.165, 1.54) is 11.1 Å². The van der Waals surface area contributed by atoms with E-state index in [0.717, 1.165) is 57.7 Å². The van der Waals surface area contributed by atoms with E-state index < -0.39 is 31.7 Å². The van der Waals surface area contributed by atoms with Crippen LogP contribution in [0.4, 0.5) is 5.69 Å². The lowest BCUT2D eigenvalue weighted by Crippen LogP contribution is -2.54. The number of nitriles is 1. The molecule has 0 bridgehead atoms. The minimum absolute atomic E-state index is 0.371. The Morgan fingerprint density at radius 1 is 1.03 bits per heavy atom. The number of fused-ring (bicyclic) bond motifs is 2. The third-order valence-electron chi connectivity index (χ3n) is 7.71. The summed E-state index contributed by atoms with van der Waals surface area (Å²) in [6, 6.07) is 13.2. The van der Waals surface area contributed by atoms with Gasteiger partial charge in [-0.2, -0.15) is 5.26 Å². The van der Waals surface area contributed by atoms with Gasteiger partial charge >= 0.3 is 0 Å². The largest absolute Gasteiger partial charge is 0.487 e. The zero-order valence-corrected chi connectivity index (χ0v) is 22.7. The lowest BCUT2D eigenvalue weighted by Gasteiger charge is -2.49. The molecule has 0 amide bonds. The molecule has 2 atom stereocenters. The number of piperidine rings is 1. The number of benzene rings is 2. The Bertz CT molecular complexity index is 1460. The summed E-state index contributed by atoms with van der Waals surface area (Å²) >= 11 is 0. The van der Waals surface area contributed by atoms with Crippen LogP contribution in [0.1, 0.15) is 54.0 Å². The van der Waals surface area contributed by atoms with Gasteiger partial charge in [-0.3, -0.25) is 9.62 Å². The molecule has 2 aromatic carbocycles. The molecule has 0 saturated carbocycles. The number of anilines is 1. The van der Waals surface area contributed by atoms with E-state index in [1.807, 2.05) is 12.1 Å². The van der Waals surface area contributed by atoms with Crippen molar-refractivity contribution in [2.24, 2.45) is 0 Å². The van der Waals surface area contributed by atoms with Crippen LogP contribution >= 0.6 is 0 Å². The molecule has 37 heavy (non-hydrogen) atoms. The van der Waals surface area contributed by atoms with Crippen molar-refractivity contribution >= 4 is 25.7 Å². The summed E-state index contributed by atoms with van der Waals surface area (Å²) in [6.45, 7) is 1.70. The van der Waals surface area contributed by atoms with Gasteiger partial charge in [0.25, 0.3) is 0 Å². The fraction of sp³-hybridized carbons (Fsp3) is 0.500.